The van der Waals surface area contributed by atoms with Crippen molar-refractivity contribution in [2.75, 3.05) is 0 Å². The van der Waals surface area contributed by atoms with Gasteiger partial charge in [0.1, 0.15) is 0 Å². The van der Waals surface area contributed by atoms with E-state index in [1.807, 2.05) is 66.7 Å². The molecule has 1 aliphatic heterocycles. The maximum atomic E-state index is 12.4. The van der Waals surface area contributed by atoms with Gasteiger partial charge in [0.05, 0.1) is 0 Å². The summed E-state index contributed by atoms with van der Waals surface area (Å²) in [5, 5.41) is 11.9. The zero-order valence-electron chi connectivity index (χ0n) is 13.0. The van der Waals surface area contributed by atoms with E-state index in [1.54, 1.807) is 0 Å². The Hall–Kier alpha value is -3.14. The van der Waals surface area contributed by atoms with E-state index in [4.69, 9.17) is 5.11 Å². The first-order chi connectivity index (χ1) is 11.6. The third-order valence-corrected chi connectivity index (χ3v) is 3.90. The van der Waals surface area contributed by atoms with E-state index < -0.39 is 5.97 Å². The van der Waals surface area contributed by atoms with Crippen molar-refractivity contribution < 1.29 is 14.7 Å². The summed E-state index contributed by atoms with van der Waals surface area (Å²) in [6, 6.07) is 19.0. The lowest BCUT2D eigenvalue weighted by Crippen LogP contribution is -2.16. The van der Waals surface area contributed by atoms with Gasteiger partial charge in [-0.1, -0.05) is 60.7 Å². The van der Waals surface area contributed by atoms with E-state index in [2.05, 4.69) is 5.32 Å². The first-order valence-corrected chi connectivity index (χ1v) is 7.74. The van der Waals surface area contributed by atoms with E-state index >= 15 is 0 Å². The number of rotatable bonds is 5. The first kappa shape index (κ1) is 15.7. The average molecular weight is 319 g/mol. The van der Waals surface area contributed by atoms with Crippen LogP contribution in [0.3, 0.4) is 0 Å². The number of allylic oxidation sites excluding steroid dienone is 1. The fourth-order valence-electron chi connectivity index (χ4n) is 2.74. The molecule has 24 heavy (non-hydrogen) atoms. The van der Waals surface area contributed by atoms with Gasteiger partial charge in [-0.2, -0.15) is 0 Å². The fraction of sp³-hybridized carbons (Fsp3) is 0.100. The molecular formula is C20H17NO3. The van der Waals surface area contributed by atoms with Crippen LogP contribution < -0.4 is 5.32 Å². The third-order valence-electron chi connectivity index (χ3n) is 3.90. The predicted octanol–water partition coefficient (Wildman–Crippen LogP) is 3.48. The Morgan fingerprint density at radius 1 is 0.917 bits per heavy atom. The van der Waals surface area contributed by atoms with Gasteiger partial charge in [0.2, 0.25) is 0 Å². The molecule has 0 saturated heterocycles. The number of aliphatic carboxylic acids is 1. The lowest BCUT2D eigenvalue weighted by atomic mass is 9.95. The highest BCUT2D eigenvalue weighted by molar-refractivity contribution is 6.13. The quantitative estimate of drug-likeness (QED) is 0.829. The number of carbonyl (C=O) groups is 2. The van der Waals surface area contributed by atoms with Gasteiger partial charge in [-0.05, 0) is 29.2 Å². The summed E-state index contributed by atoms with van der Waals surface area (Å²) < 4.78 is 0. The molecule has 1 amide bonds. The molecule has 2 aromatic carbocycles. The molecule has 0 saturated carbocycles. The van der Waals surface area contributed by atoms with Crippen molar-refractivity contribution >= 4 is 23.1 Å². The number of carboxylic acid groups (broad SMARTS) is 1. The molecule has 4 nitrogen and oxygen atoms in total. The molecule has 120 valence electrons. The third kappa shape index (κ3) is 3.43. The maximum absolute atomic E-state index is 12.4. The van der Waals surface area contributed by atoms with Crippen LogP contribution in [0.1, 0.15) is 24.0 Å². The number of nitrogens with one attached hydrogen (secondary N) is 1. The Morgan fingerprint density at radius 2 is 1.54 bits per heavy atom. The summed E-state index contributed by atoms with van der Waals surface area (Å²) in [7, 11) is 0. The topological polar surface area (TPSA) is 66.4 Å². The molecule has 0 aliphatic carbocycles. The SMILES string of the molecule is O=C(O)CCC(=C1C=C(c2ccccc2)NC1=O)c1ccccc1. The Kier molecular flexibility index (Phi) is 4.57. The van der Waals surface area contributed by atoms with Crippen LogP contribution in [0, 0.1) is 0 Å². The highest BCUT2D eigenvalue weighted by Gasteiger charge is 2.23. The fourth-order valence-corrected chi connectivity index (χ4v) is 2.74. The van der Waals surface area contributed by atoms with E-state index in [9.17, 15) is 9.59 Å². The second-order valence-corrected chi connectivity index (χ2v) is 5.53. The molecule has 1 heterocycles. The molecule has 0 bridgehead atoms. The molecule has 0 aromatic heterocycles. The normalized spacial score (nSPS) is 15.7. The largest absolute Gasteiger partial charge is 0.481 e. The van der Waals surface area contributed by atoms with Crippen molar-refractivity contribution in [3.63, 3.8) is 0 Å². The summed E-state index contributed by atoms with van der Waals surface area (Å²) in [6.45, 7) is 0. The Labute approximate surface area is 140 Å². The summed E-state index contributed by atoms with van der Waals surface area (Å²) in [6.07, 6.45) is 2.10. The van der Waals surface area contributed by atoms with Crippen molar-refractivity contribution in [3.05, 3.63) is 83.4 Å². The van der Waals surface area contributed by atoms with Crippen molar-refractivity contribution in [1.82, 2.24) is 5.32 Å². The summed E-state index contributed by atoms with van der Waals surface area (Å²) in [4.78, 5) is 23.4. The van der Waals surface area contributed by atoms with E-state index in [0.29, 0.717) is 12.0 Å². The van der Waals surface area contributed by atoms with Crippen molar-refractivity contribution in [2.45, 2.75) is 12.8 Å². The van der Waals surface area contributed by atoms with Gasteiger partial charge in [0, 0.05) is 17.7 Å². The van der Waals surface area contributed by atoms with Gasteiger partial charge in [-0.3, -0.25) is 9.59 Å². The zero-order valence-corrected chi connectivity index (χ0v) is 13.0. The van der Waals surface area contributed by atoms with Crippen LogP contribution in [-0.4, -0.2) is 17.0 Å². The van der Waals surface area contributed by atoms with Crippen LogP contribution in [0.5, 0.6) is 0 Å². The Bertz CT molecular complexity index is 820. The minimum absolute atomic E-state index is 0.0183. The summed E-state index contributed by atoms with van der Waals surface area (Å²) in [5.74, 6) is -1.08. The van der Waals surface area contributed by atoms with Crippen molar-refractivity contribution in [3.8, 4) is 0 Å². The number of benzene rings is 2. The molecule has 0 unspecified atom stereocenters. The number of hydrogen-bond donors (Lipinski definition) is 2. The van der Waals surface area contributed by atoms with Crippen molar-refractivity contribution in [2.24, 2.45) is 0 Å². The van der Waals surface area contributed by atoms with Gasteiger partial charge in [0.15, 0.2) is 0 Å². The van der Waals surface area contributed by atoms with Crippen LogP contribution in [0.4, 0.5) is 0 Å². The smallest absolute Gasteiger partial charge is 0.303 e. The molecule has 2 aromatic rings. The van der Waals surface area contributed by atoms with Gasteiger partial charge in [0.25, 0.3) is 5.91 Å². The van der Waals surface area contributed by atoms with E-state index in [-0.39, 0.29) is 12.3 Å². The van der Waals surface area contributed by atoms with Gasteiger partial charge in [-0.25, -0.2) is 0 Å². The molecule has 0 atom stereocenters. The van der Waals surface area contributed by atoms with E-state index in [1.165, 1.54) is 0 Å². The molecule has 0 fully saturated rings. The minimum Gasteiger partial charge on any atom is -0.481 e. The molecule has 0 spiro atoms. The Balaban J connectivity index is 2.05. The molecule has 0 radical (unpaired) electrons. The number of amides is 1. The molecule has 2 N–H and O–H groups in total. The average Bonchev–Trinajstić information content (AvgIpc) is 2.98. The maximum Gasteiger partial charge on any atom is 0.303 e. The summed E-state index contributed by atoms with van der Waals surface area (Å²) >= 11 is 0. The predicted molar refractivity (Wildman–Crippen MR) is 92.8 cm³/mol. The van der Waals surface area contributed by atoms with Crippen LogP contribution in [0.25, 0.3) is 11.3 Å². The monoisotopic (exact) mass is 319 g/mol. The second-order valence-electron chi connectivity index (χ2n) is 5.53. The molecular weight excluding hydrogens is 302 g/mol. The van der Waals surface area contributed by atoms with Crippen LogP contribution in [0.2, 0.25) is 0 Å². The van der Waals surface area contributed by atoms with Gasteiger partial charge >= 0.3 is 5.97 Å². The minimum atomic E-state index is -0.880. The van der Waals surface area contributed by atoms with Gasteiger partial charge in [-0.15, -0.1) is 0 Å². The Morgan fingerprint density at radius 3 is 2.17 bits per heavy atom. The summed E-state index contributed by atoms with van der Waals surface area (Å²) in [5.41, 5.74) is 3.81. The van der Waals surface area contributed by atoms with E-state index in [0.717, 1.165) is 22.4 Å². The number of hydrogen-bond acceptors (Lipinski definition) is 2. The lowest BCUT2D eigenvalue weighted by molar-refractivity contribution is -0.136. The van der Waals surface area contributed by atoms with Crippen LogP contribution in [0.15, 0.2) is 72.3 Å². The number of carboxylic acids is 1. The molecule has 3 rings (SSSR count). The molecule has 1 aliphatic rings. The lowest BCUT2D eigenvalue weighted by Gasteiger charge is -2.09. The second kappa shape index (κ2) is 6.96. The highest BCUT2D eigenvalue weighted by Crippen LogP contribution is 2.30. The van der Waals surface area contributed by atoms with Gasteiger partial charge < -0.3 is 10.4 Å². The standard InChI is InChI=1S/C20H17NO3/c22-19(23)12-11-16(14-7-3-1-4-8-14)17-13-18(21-20(17)24)15-9-5-2-6-10-15/h1-10,13H,11-12H2,(H,21,24)(H,22,23). The zero-order chi connectivity index (χ0) is 16.9. The molecule has 4 heteroatoms. The van der Waals surface area contributed by atoms with Crippen LogP contribution in [-0.2, 0) is 9.59 Å². The number of carbonyl (C=O) groups excluding carboxylic acids is 1. The van der Waals surface area contributed by atoms with Crippen molar-refractivity contribution in [1.29, 1.82) is 0 Å². The first-order valence-electron chi connectivity index (χ1n) is 7.74. The highest BCUT2D eigenvalue weighted by atomic mass is 16.4. The van der Waals surface area contributed by atoms with Crippen LogP contribution >= 0.6 is 0 Å².